The van der Waals surface area contributed by atoms with Crippen molar-refractivity contribution in [1.82, 2.24) is 10.2 Å². The second-order valence-electron chi connectivity index (χ2n) is 7.63. The van der Waals surface area contributed by atoms with Crippen LogP contribution in [-0.4, -0.2) is 47.6 Å². The van der Waals surface area contributed by atoms with Crippen molar-refractivity contribution >= 4 is 44.5 Å². The van der Waals surface area contributed by atoms with Gasteiger partial charge in [0.05, 0.1) is 25.0 Å². The topological polar surface area (TPSA) is 81.7 Å². The van der Waals surface area contributed by atoms with E-state index in [0.29, 0.717) is 19.5 Å². The van der Waals surface area contributed by atoms with Gasteiger partial charge in [-0.2, -0.15) is 27.0 Å². The van der Waals surface area contributed by atoms with Crippen LogP contribution < -0.4 is 10.6 Å². The highest BCUT2D eigenvalue weighted by Gasteiger charge is 2.25. The fourth-order valence-corrected chi connectivity index (χ4v) is 3.96. The smallest absolute Gasteiger partial charge is 0.228 e. The lowest BCUT2D eigenvalue weighted by Gasteiger charge is -2.25. The Kier molecular flexibility index (Phi) is 8.78. The van der Waals surface area contributed by atoms with Crippen molar-refractivity contribution in [2.75, 3.05) is 25.0 Å². The molecule has 0 aliphatic carbocycles. The first kappa shape index (κ1) is 24.3. The fourth-order valence-electron chi connectivity index (χ4n) is 3.96. The Morgan fingerprint density at radius 3 is 2.67 bits per heavy atom. The van der Waals surface area contributed by atoms with E-state index < -0.39 is 0 Å². The molecule has 2 atom stereocenters. The second-order valence-corrected chi connectivity index (χ2v) is 7.63. The van der Waals surface area contributed by atoms with Crippen LogP contribution in [0.4, 0.5) is 5.69 Å². The van der Waals surface area contributed by atoms with Gasteiger partial charge in [0.1, 0.15) is 0 Å². The van der Waals surface area contributed by atoms with E-state index in [-0.39, 0.29) is 57.4 Å². The lowest BCUT2D eigenvalue weighted by Crippen LogP contribution is -2.38. The number of anilines is 1. The maximum atomic E-state index is 12.7. The third-order valence-corrected chi connectivity index (χ3v) is 5.39. The zero-order valence-corrected chi connectivity index (χ0v) is 18.7. The van der Waals surface area contributed by atoms with Gasteiger partial charge in [0.2, 0.25) is 11.8 Å². The molecule has 30 heavy (non-hydrogen) atoms. The Labute approximate surface area is 190 Å². The van der Waals surface area contributed by atoms with Gasteiger partial charge in [0, 0.05) is 25.3 Å². The highest BCUT2D eigenvalue weighted by atomic mass is 32.1. The van der Waals surface area contributed by atoms with Crippen LogP contribution in [0.25, 0.3) is 0 Å². The third kappa shape index (κ3) is 6.01. The van der Waals surface area contributed by atoms with Crippen LogP contribution in [0, 0.1) is 0 Å². The number of likely N-dealkylation sites (tertiary alicyclic amines) is 1. The molecule has 2 heterocycles. The van der Waals surface area contributed by atoms with E-state index in [4.69, 9.17) is 0 Å². The minimum Gasteiger partial charge on any atom is -0.392 e. The summed E-state index contributed by atoms with van der Waals surface area (Å²) in [5.41, 5.74) is 3.71. The van der Waals surface area contributed by atoms with Crippen LogP contribution >= 0.6 is 27.0 Å². The molecule has 3 N–H and O–H groups in total. The predicted octanol–water partition coefficient (Wildman–Crippen LogP) is 1.87. The van der Waals surface area contributed by atoms with E-state index in [1.165, 1.54) is 0 Å². The number of aliphatic hydroxyl groups is 1. The molecule has 2 aliphatic heterocycles. The minimum atomic E-state index is -0.284. The summed E-state index contributed by atoms with van der Waals surface area (Å²) in [5, 5.41) is 15.8. The van der Waals surface area contributed by atoms with Crippen LogP contribution in [-0.2, 0) is 22.4 Å². The predicted molar refractivity (Wildman–Crippen MR) is 128 cm³/mol. The molecular formula is C22H29N3O3S2. The molecule has 1 fully saturated rings. The first-order chi connectivity index (χ1) is 13.6. The molecule has 2 amide bonds. The van der Waals surface area contributed by atoms with Gasteiger partial charge in [-0.15, -0.1) is 0 Å². The summed E-state index contributed by atoms with van der Waals surface area (Å²) in [6.07, 6.45) is 1.15. The standard InChI is InChI=1S/C22H25N3O3.2H2S/c26-18-8-9-25(13-18)14-20(16-4-2-1-3-5-16)24-21(27)11-15-6-7-17-12-22(28)23-19(17)10-15;;/h1-7,10,18,20,26H,8-9,11-14H2,(H,23,28)(H,24,27);2*1H2/t18-,20+;;/m0../s1. The quantitative estimate of drug-likeness (QED) is 0.632. The minimum absolute atomic E-state index is 0. The average molecular weight is 448 g/mol. The zero-order chi connectivity index (χ0) is 19.5. The summed E-state index contributed by atoms with van der Waals surface area (Å²) in [6, 6.07) is 15.5. The maximum absolute atomic E-state index is 12.7. The molecular weight excluding hydrogens is 418 g/mol. The van der Waals surface area contributed by atoms with Crippen LogP contribution in [0.3, 0.4) is 0 Å². The van der Waals surface area contributed by atoms with E-state index >= 15 is 0 Å². The van der Waals surface area contributed by atoms with Gasteiger partial charge in [0.25, 0.3) is 0 Å². The number of aliphatic hydroxyl groups excluding tert-OH is 1. The van der Waals surface area contributed by atoms with E-state index in [0.717, 1.165) is 35.3 Å². The number of carbonyl (C=O) groups is 2. The monoisotopic (exact) mass is 447 g/mol. The lowest BCUT2D eigenvalue weighted by molar-refractivity contribution is -0.121. The summed E-state index contributed by atoms with van der Waals surface area (Å²) >= 11 is 0. The number of nitrogens with one attached hydrogen (secondary N) is 2. The van der Waals surface area contributed by atoms with Crippen LogP contribution in [0.5, 0.6) is 0 Å². The van der Waals surface area contributed by atoms with E-state index in [1.807, 2.05) is 48.5 Å². The van der Waals surface area contributed by atoms with Crippen LogP contribution in [0.1, 0.15) is 29.2 Å². The SMILES string of the molecule is O=C1Cc2ccc(CC(=O)N[C@H](CN3CC[C@H](O)C3)c3ccccc3)cc2N1.S.S. The molecule has 1 saturated heterocycles. The number of benzene rings is 2. The summed E-state index contributed by atoms with van der Waals surface area (Å²) in [7, 11) is 0. The summed E-state index contributed by atoms with van der Waals surface area (Å²) in [4.78, 5) is 26.4. The molecule has 162 valence electrons. The van der Waals surface area contributed by atoms with E-state index in [9.17, 15) is 14.7 Å². The molecule has 2 aromatic rings. The molecule has 0 aromatic heterocycles. The number of β-amino-alcohol motifs (C(OH)–C–C–N with tert-alkyl or cyclic N) is 1. The molecule has 4 rings (SSSR count). The van der Waals surface area contributed by atoms with Crippen molar-refractivity contribution in [2.24, 2.45) is 0 Å². The van der Waals surface area contributed by atoms with Gasteiger partial charge in [-0.25, -0.2) is 0 Å². The van der Waals surface area contributed by atoms with Gasteiger partial charge < -0.3 is 15.7 Å². The molecule has 0 saturated carbocycles. The number of fused-ring (bicyclic) bond motifs is 1. The van der Waals surface area contributed by atoms with Crippen LogP contribution in [0.15, 0.2) is 48.5 Å². The number of rotatable bonds is 6. The van der Waals surface area contributed by atoms with Gasteiger partial charge >= 0.3 is 0 Å². The Balaban J connectivity index is 0.00000160. The Hall–Kier alpha value is -2.00. The molecule has 0 radical (unpaired) electrons. The van der Waals surface area contributed by atoms with Gasteiger partial charge in [-0.05, 0) is 29.2 Å². The normalized spacial score (nSPS) is 18.6. The van der Waals surface area contributed by atoms with Crippen molar-refractivity contribution in [2.45, 2.75) is 31.4 Å². The number of nitrogens with zero attached hydrogens (tertiary/aromatic N) is 1. The van der Waals surface area contributed by atoms with Crippen molar-refractivity contribution in [1.29, 1.82) is 0 Å². The summed E-state index contributed by atoms with van der Waals surface area (Å²) in [5.74, 6) is -0.0635. The maximum Gasteiger partial charge on any atom is 0.228 e. The zero-order valence-electron chi connectivity index (χ0n) is 16.7. The number of hydrogen-bond donors (Lipinski definition) is 3. The number of carbonyl (C=O) groups excluding carboxylic acids is 2. The Morgan fingerprint density at radius 2 is 1.97 bits per heavy atom. The molecule has 2 aliphatic rings. The van der Waals surface area contributed by atoms with Gasteiger partial charge in [0.15, 0.2) is 0 Å². The molecule has 2 aromatic carbocycles. The third-order valence-electron chi connectivity index (χ3n) is 5.39. The van der Waals surface area contributed by atoms with Crippen molar-refractivity contribution in [3.63, 3.8) is 0 Å². The number of amides is 2. The van der Waals surface area contributed by atoms with Crippen molar-refractivity contribution in [3.8, 4) is 0 Å². The van der Waals surface area contributed by atoms with Crippen molar-refractivity contribution < 1.29 is 14.7 Å². The highest BCUT2D eigenvalue weighted by molar-refractivity contribution is 7.59. The second kappa shape index (κ2) is 10.9. The van der Waals surface area contributed by atoms with Crippen molar-refractivity contribution in [3.05, 3.63) is 65.2 Å². The van der Waals surface area contributed by atoms with Gasteiger partial charge in [-0.3, -0.25) is 14.5 Å². The first-order valence-electron chi connectivity index (χ1n) is 9.73. The summed E-state index contributed by atoms with van der Waals surface area (Å²) < 4.78 is 0. The van der Waals surface area contributed by atoms with Crippen LogP contribution in [0.2, 0.25) is 0 Å². The van der Waals surface area contributed by atoms with Gasteiger partial charge in [-0.1, -0.05) is 42.5 Å². The molecule has 0 unspecified atom stereocenters. The fraction of sp³-hybridized carbons (Fsp3) is 0.364. The van der Waals surface area contributed by atoms with E-state index in [1.54, 1.807) is 0 Å². The first-order valence-corrected chi connectivity index (χ1v) is 9.73. The molecule has 0 spiro atoms. The lowest BCUT2D eigenvalue weighted by atomic mass is 10.0. The molecule has 8 heteroatoms. The Morgan fingerprint density at radius 1 is 1.20 bits per heavy atom. The Bertz CT molecular complexity index is 879. The number of hydrogen-bond acceptors (Lipinski definition) is 4. The molecule has 6 nitrogen and oxygen atoms in total. The highest BCUT2D eigenvalue weighted by Crippen LogP contribution is 2.24. The van der Waals surface area contributed by atoms with E-state index in [2.05, 4.69) is 15.5 Å². The average Bonchev–Trinajstić information content (AvgIpc) is 3.25. The summed E-state index contributed by atoms with van der Waals surface area (Å²) in [6.45, 7) is 2.15. The largest absolute Gasteiger partial charge is 0.392 e. The molecule has 0 bridgehead atoms.